The third-order valence-corrected chi connectivity index (χ3v) is 4.55. The highest BCUT2D eigenvalue weighted by atomic mass is 16.5. The van der Waals surface area contributed by atoms with Gasteiger partial charge in [0.1, 0.15) is 5.82 Å². The van der Waals surface area contributed by atoms with Crippen LogP contribution in [0.15, 0.2) is 12.3 Å². The minimum atomic E-state index is -0.483. The normalized spacial score (nSPS) is 25.9. The molecule has 1 aromatic rings. The largest absolute Gasteiger partial charge is 0.463 e. The number of anilines is 1. The number of carbonyl (C=O) groups excluding carboxylic acids is 1. The molecule has 0 radical (unpaired) electrons. The maximum absolute atomic E-state index is 11.6. The van der Waals surface area contributed by atoms with Gasteiger partial charge in [0.2, 0.25) is 5.82 Å². The number of methoxy groups -OCH3 is 1. The highest BCUT2D eigenvalue weighted by molar-refractivity contribution is 5.85. The van der Waals surface area contributed by atoms with Crippen LogP contribution < -0.4 is 10.2 Å². The Kier molecular flexibility index (Phi) is 4.05. The summed E-state index contributed by atoms with van der Waals surface area (Å²) >= 11 is 0. The van der Waals surface area contributed by atoms with E-state index in [1.54, 1.807) is 6.20 Å². The summed E-state index contributed by atoms with van der Waals surface area (Å²) in [5.41, 5.74) is 0.354. The Bertz CT molecular complexity index is 509. The van der Waals surface area contributed by atoms with Gasteiger partial charge in [0.05, 0.1) is 7.11 Å². The van der Waals surface area contributed by atoms with Gasteiger partial charge in [-0.15, -0.1) is 0 Å². The van der Waals surface area contributed by atoms with Gasteiger partial charge >= 0.3 is 5.97 Å². The molecule has 6 nitrogen and oxygen atoms in total. The number of aromatic nitrogens is 2. The number of ether oxygens (including phenoxy) is 1. The first kappa shape index (κ1) is 14.3. The Morgan fingerprint density at radius 1 is 1.43 bits per heavy atom. The second-order valence-electron chi connectivity index (χ2n) is 6.04. The minimum absolute atomic E-state index is 0.136. The van der Waals surface area contributed by atoms with Crippen LogP contribution in [0.25, 0.3) is 0 Å². The Labute approximate surface area is 124 Å². The Morgan fingerprint density at radius 2 is 2.29 bits per heavy atom. The number of hydrogen-bond acceptors (Lipinski definition) is 6. The summed E-state index contributed by atoms with van der Waals surface area (Å²) < 4.78 is 4.70. The van der Waals surface area contributed by atoms with Crippen molar-refractivity contribution in [3.8, 4) is 0 Å². The summed E-state index contributed by atoms with van der Waals surface area (Å²) in [7, 11) is 1.35. The standard InChI is InChI=1S/C15H22N4O2/c1-21-14(20)13-17-8-4-12(18-13)19-9-3-6-15(11-19)5-2-7-16-10-15/h4,8,16H,2-3,5-7,9-11H2,1H3. The van der Waals surface area contributed by atoms with E-state index < -0.39 is 5.97 Å². The van der Waals surface area contributed by atoms with Crippen LogP contribution in [0.1, 0.15) is 36.3 Å². The van der Waals surface area contributed by atoms with Crippen molar-refractivity contribution in [3.63, 3.8) is 0 Å². The summed E-state index contributed by atoms with van der Waals surface area (Å²) in [5.74, 6) is 0.481. The summed E-state index contributed by atoms with van der Waals surface area (Å²) in [5, 5.41) is 3.52. The third kappa shape index (κ3) is 3.00. The van der Waals surface area contributed by atoms with Crippen molar-refractivity contribution in [1.29, 1.82) is 0 Å². The molecule has 1 spiro atoms. The lowest BCUT2D eigenvalue weighted by atomic mass is 9.74. The molecule has 1 atom stereocenters. The van der Waals surface area contributed by atoms with Crippen LogP contribution in [0.2, 0.25) is 0 Å². The summed E-state index contributed by atoms with van der Waals surface area (Å²) in [4.78, 5) is 22.2. The van der Waals surface area contributed by atoms with E-state index in [0.29, 0.717) is 5.41 Å². The van der Waals surface area contributed by atoms with Gasteiger partial charge in [-0.1, -0.05) is 0 Å². The van der Waals surface area contributed by atoms with Crippen molar-refractivity contribution < 1.29 is 9.53 Å². The number of rotatable bonds is 2. The molecule has 0 saturated carbocycles. The molecule has 2 saturated heterocycles. The lowest BCUT2D eigenvalue weighted by Crippen LogP contribution is -2.51. The molecule has 1 N–H and O–H groups in total. The quantitative estimate of drug-likeness (QED) is 0.826. The number of nitrogens with zero attached hydrogens (tertiary/aromatic N) is 3. The molecule has 1 unspecified atom stereocenters. The van der Waals surface area contributed by atoms with Crippen LogP contribution >= 0.6 is 0 Å². The number of hydrogen-bond donors (Lipinski definition) is 1. The monoisotopic (exact) mass is 290 g/mol. The zero-order chi connectivity index (χ0) is 14.7. The lowest BCUT2D eigenvalue weighted by Gasteiger charge is -2.45. The molecule has 21 heavy (non-hydrogen) atoms. The maximum Gasteiger partial charge on any atom is 0.376 e. The first-order chi connectivity index (χ1) is 10.2. The predicted octanol–water partition coefficient (Wildman–Crippen LogP) is 1.23. The van der Waals surface area contributed by atoms with Crippen LogP contribution in [0.4, 0.5) is 5.82 Å². The number of carbonyl (C=O) groups is 1. The van der Waals surface area contributed by atoms with Gasteiger partial charge in [0, 0.05) is 31.2 Å². The molecule has 2 aliphatic rings. The molecule has 2 aliphatic heterocycles. The fraction of sp³-hybridized carbons (Fsp3) is 0.667. The fourth-order valence-electron chi connectivity index (χ4n) is 3.50. The number of nitrogens with one attached hydrogen (secondary N) is 1. The van der Waals surface area contributed by atoms with Crippen LogP contribution in [0.3, 0.4) is 0 Å². The molecule has 6 heteroatoms. The van der Waals surface area contributed by atoms with Crippen molar-refractivity contribution in [2.24, 2.45) is 5.41 Å². The van der Waals surface area contributed by atoms with E-state index in [1.807, 2.05) is 6.07 Å². The molecule has 114 valence electrons. The van der Waals surface area contributed by atoms with E-state index in [2.05, 4.69) is 20.2 Å². The lowest BCUT2D eigenvalue weighted by molar-refractivity contribution is 0.0586. The first-order valence-electron chi connectivity index (χ1n) is 7.59. The molecular formula is C15H22N4O2. The van der Waals surface area contributed by atoms with Crippen molar-refractivity contribution in [1.82, 2.24) is 15.3 Å². The molecule has 2 fully saturated rings. The van der Waals surface area contributed by atoms with E-state index >= 15 is 0 Å². The van der Waals surface area contributed by atoms with Crippen LogP contribution in [0.5, 0.6) is 0 Å². The third-order valence-electron chi connectivity index (χ3n) is 4.55. The molecule has 0 bridgehead atoms. The van der Waals surface area contributed by atoms with Crippen LogP contribution in [-0.4, -0.2) is 49.2 Å². The average molecular weight is 290 g/mol. The maximum atomic E-state index is 11.6. The summed E-state index contributed by atoms with van der Waals surface area (Å²) in [6, 6.07) is 1.88. The molecule has 0 aliphatic carbocycles. The van der Waals surface area contributed by atoms with E-state index in [0.717, 1.165) is 32.0 Å². The van der Waals surface area contributed by atoms with Crippen LogP contribution in [0, 0.1) is 5.41 Å². The van der Waals surface area contributed by atoms with Crippen molar-refractivity contribution in [2.45, 2.75) is 25.7 Å². The molecule has 0 amide bonds. The van der Waals surface area contributed by atoms with E-state index in [9.17, 15) is 4.79 Å². The Morgan fingerprint density at radius 3 is 3.05 bits per heavy atom. The average Bonchev–Trinajstić information content (AvgIpc) is 2.55. The fourth-order valence-corrected chi connectivity index (χ4v) is 3.50. The van der Waals surface area contributed by atoms with E-state index in [4.69, 9.17) is 4.74 Å². The highest BCUT2D eigenvalue weighted by Crippen LogP contribution is 2.37. The van der Waals surface area contributed by atoms with Gasteiger partial charge in [0.15, 0.2) is 0 Å². The molecule has 1 aromatic heterocycles. The topological polar surface area (TPSA) is 67.3 Å². The second kappa shape index (κ2) is 5.97. The van der Waals surface area contributed by atoms with Gasteiger partial charge in [-0.25, -0.2) is 14.8 Å². The van der Waals surface area contributed by atoms with Gasteiger partial charge < -0.3 is 15.0 Å². The zero-order valence-electron chi connectivity index (χ0n) is 12.5. The SMILES string of the molecule is COC(=O)c1nccc(N2CCCC3(CCCNC3)C2)n1. The Balaban J connectivity index is 1.78. The minimum Gasteiger partial charge on any atom is -0.463 e. The predicted molar refractivity (Wildman–Crippen MR) is 79.4 cm³/mol. The van der Waals surface area contributed by atoms with Gasteiger partial charge in [-0.3, -0.25) is 0 Å². The summed E-state index contributed by atoms with van der Waals surface area (Å²) in [6.07, 6.45) is 6.58. The zero-order valence-corrected chi connectivity index (χ0v) is 12.5. The van der Waals surface area contributed by atoms with Crippen molar-refractivity contribution in [2.75, 3.05) is 38.2 Å². The summed E-state index contributed by atoms with van der Waals surface area (Å²) in [6.45, 7) is 4.19. The van der Waals surface area contributed by atoms with Crippen molar-refractivity contribution in [3.05, 3.63) is 18.1 Å². The van der Waals surface area contributed by atoms with Crippen molar-refractivity contribution >= 4 is 11.8 Å². The highest BCUT2D eigenvalue weighted by Gasteiger charge is 2.37. The number of esters is 1. The van der Waals surface area contributed by atoms with Gasteiger partial charge in [-0.2, -0.15) is 0 Å². The molecule has 0 aromatic carbocycles. The first-order valence-corrected chi connectivity index (χ1v) is 7.59. The second-order valence-corrected chi connectivity index (χ2v) is 6.04. The van der Waals surface area contributed by atoms with Gasteiger partial charge in [-0.05, 0) is 38.3 Å². The molecule has 3 rings (SSSR count). The van der Waals surface area contributed by atoms with Gasteiger partial charge in [0.25, 0.3) is 0 Å². The smallest absolute Gasteiger partial charge is 0.376 e. The number of piperidine rings is 2. The molecular weight excluding hydrogens is 268 g/mol. The van der Waals surface area contributed by atoms with E-state index in [1.165, 1.54) is 32.8 Å². The Hall–Kier alpha value is -1.69. The molecule has 3 heterocycles. The van der Waals surface area contributed by atoms with E-state index in [-0.39, 0.29) is 5.82 Å². The van der Waals surface area contributed by atoms with Crippen LogP contribution in [-0.2, 0) is 4.74 Å².